The van der Waals surface area contributed by atoms with Crippen molar-refractivity contribution < 1.29 is 0 Å². The first-order valence-electron chi connectivity index (χ1n) is 19.6. The van der Waals surface area contributed by atoms with E-state index in [1.165, 1.54) is 72.1 Å². The van der Waals surface area contributed by atoms with E-state index in [-0.39, 0.29) is 10.8 Å². The molecule has 2 heterocycles. The lowest BCUT2D eigenvalue weighted by atomic mass is 9.81. The predicted octanol–water partition coefficient (Wildman–Crippen LogP) is 14.1. The molecule has 0 aliphatic heterocycles. The number of fused-ring (bicyclic) bond motifs is 9. The van der Waals surface area contributed by atoms with Gasteiger partial charge in [0.05, 0.1) is 11.2 Å². The first-order valence-corrected chi connectivity index (χ1v) is 19.6. The van der Waals surface area contributed by atoms with Crippen molar-refractivity contribution >= 4 is 21.7 Å². The highest BCUT2D eigenvalue weighted by Gasteiger charge is 2.36. The van der Waals surface area contributed by atoms with Gasteiger partial charge in [-0.25, -0.2) is 4.98 Å². The molecule has 266 valence electrons. The van der Waals surface area contributed by atoms with Crippen LogP contribution in [0.4, 0.5) is 0 Å². The predicted molar refractivity (Wildman–Crippen MR) is 234 cm³/mol. The molecule has 0 bridgehead atoms. The highest BCUT2D eigenvalue weighted by Crippen LogP contribution is 2.52. The monoisotopic (exact) mass is 716 g/mol. The minimum atomic E-state index is -0.0994. The Morgan fingerprint density at radius 3 is 1.48 bits per heavy atom. The summed E-state index contributed by atoms with van der Waals surface area (Å²) in [7, 11) is 0. The van der Waals surface area contributed by atoms with E-state index in [2.05, 4.69) is 190 Å². The summed E-state index contributed by atoms with van der Waals surface area (Å²) in [6.45, 7) is 9.41. The number of hydrogen-bond acceptors (Lipinski definition) is 2. The van der Waals surface area contributed by atoms with Crippen LogP contribution in [0.5, 0.6) is 0 Å². The van der Waals surface area contributed by atoms with Gasteiger partial charge in [0.2, 0.25) is 0 Å². The molecule has 2 heteroatoms. The molecule has 0 saturated carbocycles. The molecule has 2 aliphatic rings. The smallest absolute Gasteiger partial charge is 0.0794 e. The van der Waals surface area contributed by atoms with E-state index in [1.807, 2.05) is 12.4 Å². The van der Waals surface area contributed by atoms with Crippen LogP contribution in [0, 0.1) is 0 Å². The van der Waals surface area contributed by atoms with Gasteiger partial charge >= 0.3 is 0 Å². The molecule has 0 radical (unpaired) electrons. The second kappa shape index (κ2) is 11.9. The van der Waals surface area contributed by atoms with Gasteiger partial charge in [0, 0.05) is 39.6 Å². The lowest BCUT2D eigenvalue weighted by Gasteiger charge is -2.22. The van der Waals surface area contributed by atoms with Crippen molar-refractivity contribution in [3.05, 3.63) is 192 Å². The highest BCUT2D eigenvalue weighted by atomic mass is 14.7. The van der Waals surface area contributed by atoms with Gasteiger partial charge < -0.3 is 0 Å². The van der Waals surface area contributed by atoms with Crippen LogP contribution in [-0.2, 0) is 10.8 Å². The zero-order valence-electron chi connectivity index (χ0n) is 32.1. The molecule has 0 fully saturated rings. The van der Waals surface area contributed by atoms with Crippen LogP contribution in [0.25, 0.3) is 88.6 Å². The number of aromatic nitrogens is 2. The van der Waals surface area contributed by atoms with E-state index < -0.39 is 0 Å². The van der Waals surface area contributed by atoms with Gasteiger partial charge in [-0.1, -0.05) is 149 Å². The molecular formula is C54H40N2. The SMILES string of the molecule is CC1(C)c2ccccc2-c2ccc(-c3cc(-c4ccc(-c5ccncc5)cc4)c4cc(-c5ccc6c(c5)C(C)(C)c5ccccc5-6)c5ccccc5c4n3)cc21. The number of rotatable bonds is 4. The van der Waals surface area contributed by atoms with E-state index in [0.29, 0.717) is 0 Å². The van der Waals surface area contributed by atoms with Crippen molar-refractivity contribution in [2.24, 2.45) is 0 Å². The van der Waals surface area contributed by atoms with Crippen molar-refractivity contribution in [3.63, 3.8) is 0 Å². The maximum absolute atomic E-state index is 5.58. The number of hydrogen-bond donors (Lipinski definition) is 0. The van der Waals surface area contributed by atoms with Gasteiger partial charge in [0.15, 0.2) is 0 Å². The Labute approximate surface area is 328 Å². The van der Waals surface area contributed by atoms with E-state index in [9.17, 15) is 0 Å². The normalized spacial score (nSPS) is 14.4. The Bertz CT molecular complexity index is 3060. The summed E-state index contributed by atoms with van der Waals surface area (Å²) in [6, 6.07) is 58.5. The Balaban J connectivity index is 1.15. The lowest BCUT2D eigenvalue weighted by molar-refractivity contribution is 0.660. The van der Waals surface area contributed by atoms with Gasteiger partial charge in [-0.15, -0.1) is 0 Å². The zero-order chi connectivity index (χ0) is 37.8. The third-order valence-electron chi connectivity index (χ3n) is 12.8. The first-order chi connectivity index (χ1) is 27.3. The van der Waals surface area contributed by atoms with E-state index >= 15 is 0 Å². The molecule has 0 amide bonds. The summed E-state index contributed by atoms with van der Waals surface area (Å²) < 4.78 is 0. The summed E-state index contributed by atoms with van der Waals surface area (Å²) in [6.07, 6.45) is 3.71. The van der Waals surface area contributed by atoms with Crippen molar-refractivity contribution in [1.29, 1.82) is 0 Å². The van der Waals surface area contributed by atoms with Crippen LogP contribution in [0.2, 0.25) is 0 Å². The second-order valence-electron chi connectivity index (χ2n) is 16.6. The van der Waals surface area contributed by atoms with Crippen molar-refractivity contribution in [3.8, 4) is 66.9 Å². The van der Waals surface area contributed by atoms with E-state index in [0.717, 1.165) is 38.7 Å². The first kappa shape index (κ1) is 32.8. The Morgan fingerprint density at radius 2 is 0.821 bits per heavy atom. The molecule has 0 unspecified atom stereocenters. The van der Waals surface area contributed by atoms with Gasteiger partial charge in [-0.3, -0.25) is 4.98 Å². The Kier molecular flexibility index (Phi) is 6.98. The molecule has 0 saturated heterocycles. The number of nitrogens with zero attached hydrogens (tertiary/aromatic N) is 2. The Morgan fingerprint density at radius 1 is 0.339 bits per heavy atom. The van der Waals surface area contributed by atoms with Crippen LogP contribution < -0.4 is 0 Å². The fourth-order valence-corrected chi connectivity index (χ4v) is 9.80. The van der Waals surface area contributed by atoms with E-state index in [1.54, 1.807) is 0 Å². The van der Waals surface area contributed by atoms with E-state index in [4.69, 9.17) is 4.98 Å². The fraction of sp³-hybridized carbons (Fsp3) is 0.111. The molecule has 2 aromatic heterocycles. The minimum absolute atomic E-state index is 0.0848. The highest BCUT2D eigenvalue weighted by molar-refractivity contribution is 6.16. The molecule has 9 aromatic rings. The molecule has 0 N–H and O–H groups in total. The van der Waals surface area contributed by atoms with Gasteiger partial charge in [0.1, 0.15) is 0 Å². The molecule has 0 spiro atoms. The summed E-state index contributed by atoms with van der Waals surface area (Å²) in [5.74, 6) is 0. The maximum Gasteiger partial charge on any atom is 0.0794 e. The average Bonchev–Trinajstić information content (AvgIpc) is 3.62. The van der Waals surface area contributed by atoms with Crippen molar-refractivity contribution in [2.75, 3.05) is 0 Å². The lowest BCUT2D eigenvalue weighted by Crippen LogP contribution is -2.15. The Hall–Kier alpha value is -6.64. The standard InChI is InChI=1S/C54H40N2/c1-53(2)47-15-9-7-12-39(47)41-23-21-36(29-49(41)53)44-31-46-45(35-19-17-33(18-20-35)34-25-27-55-28-26-34)32-51(56-52(46)43-14-6-5-11-38(43)44)37-22-24-42-40-13-8-10-16-48(40)54(3,4)50(42)30-37/h5-32H,1-4H3. The second-order valence-corrected chi connectivity index (χ2v) is 16.6. The summed E-state index contributed by atoms with van der Waals surface area (Å²) in [5.41, 5.74) is 20.9. The quantitative estimate of drug-likeness (QED) is 0.170. The topological polar surface area (TPSA) is 25.8 Å². The van der Waals surface area contributed by atoms with Crippen LogP contribution >= 0.6 is 0 Å². The van der Waals surface area contributed by atoms with Crippen LogP contribution in [-0.4, -0.2) is 9.97 Å². The van der Waals surface area contributed by atoms with Gasteiger partial charge in [0.25, 0.3) is 0 Å². The number of pyridine rings is 2. The van der Waals surface area contributed by atoms with Crippen LogP contribution in [0.15, 0.2) is 170 Å². The molecule has 2 aliphatic carbocycles. The average molecular weight is 717 g/mol. The van der Waals surface area contributed by atoms with Gasteiger partial charge in [-0.2, -0.15) is 0 Å². The molecular weight excluding hydrogens is 677 g/mol. The van der Waals surface area contributed by atoms with Crippen molar-refractivity contribution in [1.82, 2.24) is 9.97 Å². The minimum Gasteiger partial charge on any atom is -0.265 e. The van der Waals surface area contributed by atoms with Crippen LogP contribution in [0.3, 0.4) is 0 Å². The molecule has 7 aromatic carbocycles. The molecule has 11 rings (SSSR count). The third-order valence-corrected chi connectivity index (χ3v) is 12.8. The molecule has 56 heavy (non-hydrogen) atoms. The van der Waals surface area contributed by atoms with Crippen LogP contribution in [0.1, 0.15) is 49.9 Å². The summed E-state index contributed by atoms with van der Waals surface area (Å²) in [5, 5.41) is 3.52. The largest absolute Gasteiger partial charge is 0.265 e. The zero-order valence-corrected chi connectivity index (χ0v) is 32.1. The maximum atomic E-state index is 5.58. The molecule has 2 nitrogen and oxygen atoms in total. The van der Waals surface area contributed by atoms with Crippen molar-refractivity contribution in [2.45, 2.75) is 38.5 Å². The molecule has 0 atom stereocenters. The summed E-state index contributed by atoms with van der Waals surface area (Å²) >= 11 is 0. The third kappa shape index (κ3) is 4.75. The fourth-order valence-electron chi connectivity index (χ4n) is 9.80. The number of benzene rings is 7. The summed E-state index contributed by atoms with van der Waals surface area (Å²) in [4.78, 5) is 9.82. The van der Waals surface area contributed by atoms with Gasteiger partial charge in [-0.05, 0) is 120 Å².